The first-order valence-corrected chi connectivity index (χ1v) is 4.71. The standard InChI is InChI=1S/C10H12N2O4/c13-8(10(15)16)4-6-12-9(14)7-3-1-2-5-11-7/h1-3,5,8,13H,4,6H2,(H,12,14)(H,15,16). The van der Waals surface area contributed by atoms with Crippen molar-refractivity contribution in [2.24, 2.45) is 0 Å². The van der Waals surface area contributed by atoms with Crippen LogP contribution in [-0.4, -0.2) is 39.7 Å². The highest BCUT2D eigenvalue weighted by Gasteiger charge is 2.13. The fourth-order valence-electron chi connectivity index (χ4n) is 1.03. The van der Waals surface area contributed by atoms with Crippen LogP contribution in [0.25, 0.3) is 0 Å². The summed E-state index contributed by atoms with van der Waals surface area (Å²) in [6.45, 7) is 0.0862. The highest BCUT2D eigenvalue weighted by Crippen LogP contribution is 1.94. The summed E-state index contributed by atoms with van der Waals surface area (Å²) in [4.78, 5) is 25.5. The lowest BCUT2D eigenvalue weighted by Crippen LogP contribution is -2.30. The monoisotopic (exact) mass is 224 g/mol. The molecule has 0 aromatic carbocycles. The van der Waals surface area contributed by atoms with E-state index in [1.165, 1.54) is 6.20 Å². The van der Waals surface area contributed by atoms with E-state index in [0.717, 1.165) is 0 Å². The Morgan fingerprint density at radius 1 is 1.44 bits per heavy atom. The molecular formula is C10H12N2O4. The molecule has 0 fully saturated rings. The number of pyridine rings is 1. The molecule has 0 bridgehead atoms. The molecule has 16 heavy (non-hydrogen) atoms. The second-order valence-electron chi connectivity index (χ2n) is 3.11. The first-order valence-electron chi connectivity index (χ1n) is 4.71. The van der Waals surface area contributed by atoms with Crippen molar-refractivity contribution in [1.82, 2.24) is 10.3 Å². The van der Waals surface area contributed by atoms with E-state index in [-0.39, 0.29) is 18.7 Å². The summed E-state index contributed by atoms with van der Waals surface area (Å²) in [6, 6.07) is 4.90. The van der Waals surface area contributed by atoms with Crippen LogP contribution in [0.15, 0.2) is 24.4 Å². The molecule has 6 heteroatoms. The fraction of sp³-hybridized carbons (Fsp3) is 0.300. The maximum Gasteiger partial charge on any atom is 0.332 e. The number of carbonyl (C=O) groups excluding carboxylic acids is 1. The molecule has 1 atom stereocenters. The third kappa shape index (κ3) is 3.66. The predicted octanol–water partition coefficient (Wildman–Crippen LogP) is -0.353. The quantitative estimate of drug-likeness (QED) is 0.634. The molecule has 1 heterocycles. The number of aliphatic hydroxyl groups excluding tert-OH is 1. The maximum absolute atomic E-state index is 11.4. The lowest BCUT2D eigenvalue weighted by atomic mass is 10.2. The zero-order valence-electron chi connectivity index (χ0n) is 8.46. The van der Waals surface area contributed by atoms with E-state index in [1.54, 1.807) is 18.2 Å². The molecule has 1 aromatic rings. The van der Waals surface area contributed by atoms with Gasteiger partial charge in [-0.2, -0.15) is 0 Å². The Morgan fingerprint density at radius 3 is 2.75 bits per heavy atom. The van der Waals surface area contributed by atoms with Gasteiger partial charge in [-0.25, -0.2) is 4.79 Å². The summed E-state index contributed by atoms with van der Waals surface area (Å²) in [6.07, 6.45) is -0.00131. The van der Waals surface area contributed by atoms with Crippen LogP contribution in [0.5, 0.6) is 0 Å². The topological polar surface area (TPSA) is 99.5 Å². The number of aromatic nitrogens is 1. The predicted molar refractivity (Wildman–Crippen MR) is 54.8 cm³/mol. The van der Waals surface area contributed by atoms with Gasteiger partial charge in [0.15, 0.2) is 6.10 Å². The smallest absolute Gasteiger partial charge is 0.332 e. The van der Waals surface area contributed by atoms with Crippen molar-refractivity contribution in [2.45, 2.75) is 12.5 Å². The average Bonchev–Trinajstić information content (AvgIpc) is 2.29. The zero-order chi connectivity index (χ0) is 12.0. The zero-order valence-corrected chi connectivity index (χ0v) is 8.46. The lowest BCUT2D eigenvalue weighted by molar-refractivity contribution is -0.146. The Bertz CT molecular complexity index is 366. The molecule has 0 spiro atoms. The van der Waals surface area contributed by atoms with Crippen LogP contribution in [0.3, 0.4) is 0 Å². The maximum atomic E-state index is 11.4. The van der Waals surface area contributed by atoms with E-state index >= 15 is 0 Å². The van der Waals surface area contributed by atoms with Crippen molar-refractivity contribution in [3.8, 4) is 0 Å². The Balaban J connectivity index is 2.34. The van der Waals surface area contributed by atoms with Crippen LogP contribution in [0.1, 0.15) is 16.9 Å². The number of rotatable bonds is 5. The van der Waals surface area contributed by atoms with Crippen LogP contribution in [0.4, 0.5) is 0 Å². The Labute approximate surface area is 91.9 Å². The number of carboxylic acids is 1. The molecule has 0 aliphatic heterocycles. The van der Waals surface area contributed by atoms with Gasteiger partial charge in [0.2, 0.25) is 0 Å². The number of carboxylic acid groups (broad SMARTS) is 1. The molecule has 6 nitrogen and oxygen atoms in total. The summed E-state index contributed by atoms with van der Waals surface area (Å²) >= 11 is 0. The van der Waals surface area contributed by atoms with Crippen molar-refractivity contribution in [1.29, 1.82) is 0 Å². The summed E-state index contributed by atoms with van der Waals surface area (Å²) in [5.41, 5.74) is 0.257. The molecular weight excluding hydrogens is 212 g/mol. The van der Waals surface area contributed by atoms with Crippen LogP contribution >= 0.6 is 0 Å². The molecule has 1 aromatic heterocycles. The summed E-state index contributed by atoms with van der Waals surface area (Å²) in [5, 5.41) is 19.8. The molecule has 1 amide bonds. The lowest BCUT2D eigenvalue weighted by Gasteiger charge is -2.06. The third-order valence-corrected chi connectivity index (χ3v) is 1.89. The number of aliphatic carboxylic acids is 1. The van der Waals surface area contributed by atoms with Gasteiger partial charge in [-0.1, -0.05) is 6.07 Å². The molecule has 1 unspecified atom stereocenters. The fourth-order valence-corrected chi connectivity index (χ4v) is 1.03. The van der Waals surface area contributed by atoms with Gasteiger partial charge in [0, 0.05) is 19.2 Å². The number of hydrogen-bond donors (Lipinski definition) is 3. The van der Waals surface area contributed by atoms with Crippen molar-refractivity contribution in [3.63, 3.8) is 0 Å². The Morgan fingerprint density at radius 2 is 2.19 bits per heavy atom. The molecule has 3 N–H and O–H groups in total. The minimum Gasteiger partial charge on any atom is -0.479 e. The molecule has 0 saturated heterocycles. The number of nitrogens with one attached hydrogen (secondary N) is 1. The number of amides is 1. The number of carbonyl (C=O) groups is 2. The normalized spacial score (nSPS) is 11.8. The van der Waals surface area contributed by atoms with Crippen LogP contribution < -0.4 is 5.32 Å². The highest BCUT2D eigenvalue weighted by atomic mass is 16.4. The minimum atomic E-state index is -1.45. The molecule has 86 valence electrons. The number of nitrogens with zero attached hydrogens (tertiary/aromatic N) is 1. The van der Waals surface area contributed by atoms with Gasteiger partial charge in [-0.3, -0.25) is 9.78 Å². The van der Waals surface area contributed by atoms with Crippen molar-refractivity contribution in [3.05, 3.63) is 30.1 Å². The first kappa shape index (κ1) is 12.1. The Kier molecular flexibility index (Phi) is 4.41. The van der Waals surface area contributed by atoms with Crippen LogP contribution in [0.2, 0.25) is 0 Å². The second-order valence-corrected chi connectivity index (χ2v) is 3.11. The van der Waals surface area contributed by atoms with E-state index in [9.17, 15) is 9.59 Å². The molecule has 0 aliphatic carbocycles. The van der Waals surface area contributed by atoms with E-state index in [1.807, 2.05) is 0 Å². The van der Waals surface area contributed by atoms with Crippen LogP contribution in [-0.2, 0) is 4.79 Å². The SMILES string of the molecule is O=C(NCCC(O)C(=O)O)c1ccccn1. The Hall–Kier alpha value is -1.95. The highest BCUT2D eigenvalue weighted by molar-refractivity contribution is 5.92. The molecule has 1 rings (SSSR count). The second kappa shape index (κ2) is 5.82. The summed E-state index contributed by atoms with van der Waals surface area (Å²) in [5.74, 6) is -1.69. The third-order valence-electron chi connectivity index (χ3n) is 1.89. The van der Waals surface area contributed by atoms with E-state index < -0.39 is 18.0 Å². The average molecular weight is 224 g/mol. The molecule has 0 radical (unpaired) electrons. The van der Waals surface area contributed by atoms with Gasteiger partial charge in [0.05, 0.1) is 0 Å². The van der Waals surface area contributed by atoms with Gasteiger partial charge >= 0.3 is 5.97 Å². The minimum absolute atomic E-state index is 0.0338. The van der Waals surface area contributed by atoms with Gasteiger partial charge in [0.1, 0.15) is 5.69 Å². The number of hydrogen-bond acceptors (Lipinski definition) is 4. The van der Waals surface area contributed by atoms with Gasteiger partial charge in [-0.15, -0.1) is 0 Å². The largest absolute Gasteiger partial charge is 0.479 e. The number of aliphatic hydroxyl groups is 1. The molecule has 0 aliphatic rings. The van der Waals surface area contributed by atoms with Crippen molar-refractivity contribution < 1.29 is 19.8 Å². The molecule has 0 saturated carbocycles. The first-order chi connectivity index (χ1) is 7.61. The van der Waals surface area contributed by atoms with Crippen LogP contribution in [0, 0.1) is 0 Å². The van der Waals surface area contributed by atoms with Crippen molar-refractivity contribution >= 4 is 11.9 Å². The van der Waals surface area contributed by atoms with E-state index in [0.29, 0.717) is 0 Å². The van der Waals surface area contributed by atoms with Gasteiger partial charge in [-0.05, 0) is 12.1 Å². The summed E-state index contributed by atoms with van der Waals surface area (Å²) in [7, 11) is 0. The van der Waals surface area contributed by atoms with E-state index in [4.69, 9.17) is 10.2 Å². The van der Waals surface area contributed by atoms with E-state index in [2.05, 4.69) is 10.3 Å². The van der Waals surface area contributed by atoms with Gasteiger partial charge in [0.25, 0.3) is 5.91 Å². The van der Waals surface area contributed by atoms with Crippen molar-refractivity contribution in [2.75, 3.05) is 6.54 Å². The summed E-state index contributed by atoms with van der Waals surface area (Å²) < 4.78 is 0. The van der Waals surface area contributed by atoms with Gasteiger partial charge < -0.3 is 15.5 Å².